The third kappa shape index (κ3) is 4.50. The Kier molecular flexibility index (Phi) is 6.48. The standard InChI is InChI=1S/C27H24BrN3O2S/c1-17-27(22-5-3-4-6-23(22)29-17)34-16-26(32)31-25(19-9-13-21(33-2)14-10-19)15-24(30-31)18-7-11-20(28)12-8-18/h3-14,25,29H,15-16H2,1-2H3. The van der Waals surface area contributed by atoms with E-state index in [1.807, 2.05) is 67.6 Å². The monoisotopic (exact) mass is 533 g/mol. The quantitative estimate of drug-likeness (QED) is 0.280. The van der Waals surface area contributed by atoms with Crippen LogP contribution in [0.3, 0.4) is 0 Å². The number of aryl methyl sites for hydroxylation is 1. The Balaban J connectivity index is 1.42. The van der Waals surface area contributed by atoms with Gasteiger partial charge in [-0.3, -0.25) is 4.79 Å². The Hall–Kier alpha value is -3.03. The fraction of sp³-hybridized carbons (Fsp3) is 0.185. The predicted octanol–water partition coefficient (Wildman–Crippen LogP) is 6.72. The molecule has 0 fully saturated rings. The number of fused-ring (bicyclic) bond motifs is 1. The molecule has 5 nitrogen and oxygen atoms in total. The molecule has 1 N–H and O–H groups in total. The van der Waals surface area contributed by atoms with Crippen molar-refractivity contribution >= 4 is 50.2 Å². The van der Waals surface area contributed by atoms with Crippen molar-refractivity contribution < 1.29 is 9.53 Å². The van der Waals surface area contributed by atoms with Crippen LogP contribution in [0.25, 0.3) is 10.9 Å². The van der Waals surface area contributed by atoms with E-state index in [1.165, 1.54) is 0 Å². The van der Waals surface area contributed by atoms with Crippen molar-refractivity contribution in [3.63, 3.8) is 0 Å². The van der Waals surface area contributed by atoms with Gasteiger partial charge in [-0.05, 0) is 48.4 Å². The summed E-state index contributed by atoms with van der Waals surface area (Å²) in [4.78, 5) is 18.0. The van der Waals surface area contributed by atoms with Gasteiger partial charge >= 0.3 is 0 Å². The zero-order chi connectivity index (χ0) is 23.7. The molecule has 1 amide bonds. The summed E-state index contributed by atoms with van der Waals surface area (Å²) in [6.45, 7) is 2.05. The first-order valence-electron chi connectivity index (χ1n) is 11.0. The first-order chi connectivity index (χ1) is 16.5. The molecule has 0 spiro atoms. The molecule has 3 aromatic carbocycles. The van der Waals surface area contributed by atoms with E-state index in [0.29, 0.717) is 12.2 Å². The summed E-state index contributed by atoms with van der Waals surface area (Å²) in [5, 5.41) is 7.61. The molecular formula is C27H24BrN3O2S. The zero-order valence-corrected chi connectivity index (χ0v) is 21.3. The van der Waals surface area contributed by atoms with E-state index in [1.54, 1.807) is 23.9 Å². The molecule has 0 bridgehead atoms. The van der Waals surface area contributed by atoms with Crippen molar-refractivity contribution in [1.82, 2.24) is 9.99 Å². The van der Waals surface area contributed by atoms with Gasteiger partial charge < -0.3 is 9.72 Å². The van der Waals surface area contributed by atoms with Crippen molar-refractivity contribution in [2.75, 3.05) is 12.9 Å². The van der Waals surface area contributed by atoms with Crippen LogP contribution >= 0.6 is 27.7 Å². The van der Waals surface area contributed by atoms with Crippen LogP contribution < -0.4 is 4.74 Å². The number of methoxy groups -OCH3 is 1. The van der Waals surface area contributed by atoms with Gasteiger partial charge in [0.25, 0.3) is 5.91 Å². The van der Waals surface area contributed by atoms with Crippen LogP contribution in [-0.2, 0) is 4.79 Å². The Labute approximate surface area is 211 Å². The largest absolute Gasteiger partial charge is 0.497 e. The van der Waals surface area contributed by atoms with Gasteiger partial charge in [0.05, 0.1) is 24.6 Å². The molecule has 0 saturated heterocycles. The first kappa shape index (κ1) is 22.7. The number of aromatic nitrogens is 1. The van der Waals surface area contributed by atoms with E-state index in [9.17, 15) is 4.79 Å². The molecule has 4 aromatic rings. The number of carbonyl (C=O) groups excluding carboxylic acids is 1. The van der Waals surface area contributed by atoms with Gasteiger partial charge in [0, 0.05) is 32.4 Å². The number of hydrogen-bond donors (Lipinski definition) is 1. The number of benzene rings is 3. The second kappa shape index (κ2) is 9.68. The lowest BCUT2D eigenvalue weighted by Gasteiger charge is -2.22. The van der Waals surface area contributed by atoms with Crippen LogP contribution in [0.5, 0.6) is 5.75 Å². The van der Waals surface area contributed by atoms with Crippen LogP contribution in [0.1, 0.15) is 29.3 Å². The van der Waals surface area contributed by atoms with Gasteiger partial charge in [-0.2, -0.15) is 5.10 Å². The predicted molar refractivity (Wildman–Crippen MR) is 142 cm³/mol. The van der Waals surface area contributed by atoms with Crippen molar-refractivity contribution in [1.29, 1.82) is 0 Å². The third-order valence-electron chi connectivity index (χ3n) is 6.02. The molecule has 1 aliphatic rings. The number of rotatable bonds is 6. The minimum absolute atomic E-state index is 0.0115. The SMILES string of the molecule is COc1ccc(C2CC(c3ccc(Br)cc3)=NN2C(=O)CSc2c(C)[nH]c3ccccc23)cc1. The Morgan fingerprint density at radius 1 is 1.12 bits per heavy atom. The Morgan fingerprint density at radius 3 is 2.59 bits per heavy atom. The number of nitrogens with zero attached hydrogens (tertiary/aromatic N) is 2. The van der Waals surface area contributed by atoms with E-state index in [4.69, 9.17) is 9.84 Å². The summed E-state index contributed by atoms with van der Waals surface area (Å²) in [5.41, 5.74) is 5.14. The number of para-hydroxylation sites is 1. The second-order valence-electron chi connectivity index (χ2n) is 8.20. The number of thioether (sulfide) groups is 1. The summed E-state index contributed by atoms with van der Waals surface area (Å²) >= 11 is 5.05. The van der Waals surface area contributed by atoms with Crippen LogP contribution in [0.4, 0.5) is 0 Å². The fourth-order valence-electron chi connectivity index (χ4n) is 4.28. The van der Waals surface area contributed by atoms with Gasteiger partial charge in [0.2, 0.25) is 0 Å². The summed E-state index contributed by atoms with van der Waals surface area (Å²) in [6, 6.07) is 24.0. The fourth-order valence-corrected chi connectivity index (χ4v) is 5.55. The van der Waals surface area contributed by atoms with Crippen LogP contribution in [-0.4, -0.2) is 34.5 Å². The number of H-pyrrole nitrogens is 1. The Morgan fingerprint density at radius 2 is 1.85 bits per heavy atom. The smallest absolute Gasteiger partial charge is 0.253 e. The highest BCUT2D eigenvalue weighted by Crippen LogP contribution is 2.36. The summed E-state index contributed by atoms with van der Waals surface area (Å²) in [5.74, 6) is 1.09. The highest BCUT2D eigenvalue weighted by molar-refractivity contribution is 9.10. The molecular weight excluding hydrogens is 510 g/mol. The summed E-state index contributed by atoms with van der Waals surface area (Å²) < 4.78 is 6.33. The van der Waals surface area contributed by atoms with E-state index in [-0.39, 0.29) is 11.9 Å². The molecule has 7 heteroatoms. The van der Waals surface area contributed by atoms with Gasteiger partial charge in [-0.25, -0.2) is 5.01 Å². The Bertz CT molecular complexity index is 1360. The zero-order valence-electron chi connectivity index (χ0n) is 18.9. The molecule has 0 aliphatic carbocycles. The molecule has 2 heterocycles. The van der Waals surface area contributed by atoms with Crippen LogP contribution in [0, 0.1) is 6.92 Å². The highest BCUT2D eigenvalue weighted by Gasteiger charge is 2.33. The average Bonchev–Trinajstić information content (AvgIpc) is 3.44. The number of nitrogens with one attached hydrogen (secondary N) is 1. The summed E-state index contributed by atoms with van der Waals surface area (Å²) in [6.07, 6.45) is 0.663. The number of halogens is 1. The van der Waals surface area contributed by atoms with E-state index >= 15 is 0 Å². The number of hydrazone groups is 1. The topological polar surface area (TPSA) is 57.7 Å². The minimum Gasteiger partial charge on any atom is -0.497 e. The lowest BCUT2D eigenvalue weighted by Crippen LogP contribution is -2.28. The van der Waals surface area contributed by atoms with Crippen molar-refractivity contribution in [3.8, 4) is 5.75 Å². The molecule has 1 aromatic heterocycles. The van der Waals surface area contributed by atoms with E-state index in [0.717, 1.165) is 48.6 Å². The molecule has 34 heavy (non-hydrogen) atoms. The maximum absolute atomic E-state index is 13.5. The molecule has 0 saturated carbocycles. The average molecular weight is 534 g/mol. The lowest BCUT2D eigenvalue weighted by atomic mass is 9.98. The van der Waals surface area contributed by atoms with Gasteiger partial charge in [0.15, 0.2) is 0 Å². The van der Waals surface area contributed by atoms with Crippen LogP contribution in [0.15, 0.2) is 87.3 Å². The molecule has 1 atom stereocenters. The molecule has 0 radical (unpaired) electrons. The maximum Gasteiger partial charge on any atom is 0.253 e. The number of aromatic amines is 1. The number of hydrogen-bond acceptors (Lipinski definition) is 4. The maximum atomic E-state index is 13.5. The minimum atomic E-state index is -0.151. The molecule has 5 rings (SSSR count). The third-order valence-corrected chi connectivity index (χ3v) is 7.75. The highest BCUT2D eigenvalue weighted by atomic mass is 79.9. The molecule has 1 aliphatic heterocycles. The van der Waals surface area contributed by atoms with Gasteiger partial charge in [-0.15, -0.1) is 11.8 Å². The molecule has 1 unspecified atom stereocenters. The van der Waals surface area contributed by atoms with Crippen molar-refractivity contribution in [2.24, 2.45) is 5.10 Å². The second-order valence-corrected chi connectivity index (χ2v) is 10.1. The van der Waals surface area contributed by atoms with Gasteiger partial charge in [-0.1, -0.05) is 58.4 Å². The normalized spacial score (nSPS) is 15.6. The van der Waals surface area contributed by atoms with Crippen molar-refractivity contribution in [3.05, 3.63) is 94.1 Å². The number of ether oxygens (including phenoxy) is 1. The number of carbonyl (C=O) groups is 1. The van der Waals surface area contributed by atoms with E-state index < -0.39 is 0 Å². The number of amides is 1. The first-order valence-corrected chi connectivity index (χ1v) is 12.8. The van der Waals surface area contributed by atoms with Crippen LogP contribution in [0.2, 0.25) is 0 Å². The van der Waals surface area contributed by atoms with Crippen molar-refractivity contribution in [2.45, 2.75) is 24.3 Å². The van der Waals surface area contributed by atoms with E-state index in [2.05, 4.69) is 33.0 Å². The molecule has 172 valence electrons. The summed E-state index contributed by atoms with van der Waals surface area (Å²) in [7, 11) is 1.65. The van der Waals surface area contributed by atoms with Gasteiger partial charge in [0.1, 0.15) is 5.75 Å². The lowest BCUT2D eigenvalue weighted by molar-refractivity contribution is -0.130.